The SMILES string of the molecule is O=C(O)CC(Nc1nccs1)C1CC1. The van der Waals surface area contributed by atoms with Gasteiger partial charge in [0.2, 0.25) is 0 Å². The molecule has 0 aliphatic heterocycles. The van der Waals surface area contributed by atoms with Crippen LogP contribution in [-0.4, -0.2) is 22.1 Å². The van der Waals surface area contributed by atoms with Crippen molar-refractivity contribution in [1.29, 1.82) is 0 Å². The van der Waals surface area contributed by atoms with Crippen LogP contribution in [0.5, 0.6) is 0 Å². The van der Waals surface area contributed by atoms with Gasteiger partial charge in [-0.25, -0.2) is 4.98 Å². The van der Waals surface area contributed by atoms with E-state index in [2.05, 4.69) is 10.3 Å². The fraction of sp³-hybridized carbons (Fsp3) is 0.556. The Morgan fingerprint density at radius 3 is 3.07 bits per heavy atom. The van der Waals surface area contributed by atoms with Crippen molar-refractivity contribution in [1.82, 2.24) is 4.98 Å². The number of aromatic nitrogens is 1. The Kier molecular flexibility index (Phi) is 2.67. The molecule has 1 saturated carbocycles. The number of hydrogen-bond acceptors (Lipinski definition) is 4. The maximum atomic E-state index is 10.6. The topological polar surface area (TPSA) is 62.2 Å². The van der Waals surface area contributed by atoms with Gasteiger partial charge in [0.15, 0.2) is 5.13 Å². The minimum atomic E-state index is -0.744. The zero-order chi connectivity index (χ0) is 9.97. The van der Waals surface area contributed by atoms with Gasteiger partial charge in [-0.05, 0) is 18.8 Å². The number of hydrogen-bond donors (Lipinski definition) is 2. The van der Waals surface area contributed by atoms with E-state index in [1.807, 2.05) is 5.38 Å². The van der Waals surface area contributed by atoms with Crippen molar-refractivity contribution in [2.24, 2.45) is 5.92 Å². The van der Waals surface area contributed by atoms with E-state index in [0.29, 0.717) is 5.92 Å². The quantitative estimate of drug-likeness (QED) is 0.781. The summed E-state index contributed by atoms with van der Waals surface area (Å²) in [5, 5.41) is 14.6. The summed E-state index contributed by atoms with van der Waals surface area (Å²) < 4.78 is 0. The molecular weight excluding hydrogens is 200 g/mol. The molecule has 0 bridgehead atoms. The molecule has 4 nitrogen and oxygen atoms in total. The molecular formula is C9H12N2O2S. The van der Waals surface area contributed by atoms with Crippen LogP contribution in [0.1, 0.15) is 19.3 Å². The number of rotatable bonds is 5. The third-order valence-corrected chi connectivity index (χ3v) is 3.03. The zero-order valence-corrected chi connectivity index (χ0v) is 8.46. The third kappa shape index (κ3) is 2.45. The van der Waals surface area contributed by atoms with Crippen molar-refractivity contribution in [2.45, 2.75) is 25.3 Å². The Labute approximate surface area is 86.0 Å². The molecule has 1 fully saturated rings. The second kappa shape index (κ2) is 3.96. The lowest BCUT2D eigenvalue weighted by atomic mass is 10.1. The molecule has 1 aliphatic rings. The van der Waals surface area contributed by atoms with E-state index >= 15 is 0 Å². The first kappa shape index (κ1) is 9.45. The summed E-state index contributed by atoms with van der Waals surface area (Å²) in [6.07, 6.45) is 4.18. The number of thiazole rings is 1. The van der Waals surface area contributed by atoms with Gasteiger partial charge in [-0.3, -0.25) is 4.79 Å². The molecule has 2 N–H and O–H groups in total. The van der Waals surface area contributed by atoms with Crippen molar-refractivity contribution < 1.29 is 9.90 Å². The van der Waals surface area contributed by atoms with Gasteiger partial charge in [0, 0.05) is 17.6 Å². The number of carboxylic acids is 1. The van der Waals surface area contributed by atoms with Crippen molar-refractivity contribution in [2.75, 3.05) is 5.32 Å². The fourth-order valence-electron chi connectivity index (χ4n) is 1.48. The molecule has 76 valence electrons. The zero-order valence-electron chi connectivity index (χ0n) is 7.64. The van der Waals surface area contributed by atoms with Gasteiger partial charge >= 0.3 is 5.97 Å². The predicted octanol–water partition coefficient (Wildman–Crippen LogP) is 1.81. The van der Waals surface area contributed by atoms with Crippen molar-refractivity contribution in [3.8, 4) is 0 Å². The molecule has 1 aromatic heterocycles. The molecule has 0 amide bonds. The van der Waals surface area contributed by atoms with Gasteiger partial charge in [0.25, 0.3) is 0 Å². The molecule has 14 heavy (non-hydrogen) atoms. The molecule has 0 spiro atoms. The Morgan fingerprint density at radius 2 is 2.57 bits per heavy atom. The summed E-state index contributed by atoms with van der Waals surface area (Å²) in [6, 6.07) is 0.0543. The molecule has 0 saturated heterocycles. The van der Waals surface area contributed by atoms with Crippen molar-refractivity contribution in [3.63, 3.8) is 0 Å². The Balaban J connectivity index is 1.93. The highest BCUT2D eigenvalue weighted by atomic mass is 32.1. The second-order valence-electron chi connectivity index (χ2n) is 3.52. The number of anilines is 1. The molecule has 1 heterocycles. The van der Waals surface area contributed by atoms with Crippen LogP contribution in [0, 0.1) is 5.92 Å². The maximum Gasteiger partial charge on any atom is 0.305 e. The normalized spacial score (nSPS) is 17.7. The molecule has 1 unspecified atom stereocenters. The van der Waals surface area contributed by atoms with E-state index in [9.17, 15) is 4.79 Å². The molecule has 5 heteroatoms. The highest BCUT2D eigenvalue weighted by molar-refractivity contribution is 7.13. The number of carboxylic acid groups (broad SMARTS) is 1. The summed E-state index contributed by atoms with van der Waals surface area (Å²) in [7, 11) is 0. The maximum absolute atomic E-state index is 10.6. The van der Waals surface area contributed by atoms with E-state index in [1.165, 1.54) is 11.3 Å². The van der Waals surface area contributed by atoms with E-state index < -0.39 is 5.97 Å². The number of carbonyl (C=O) groups is 1. The van der Waals surface area contributed by atoms with Gasteiger partial charge in [-0.2, -0.15) is 0 Å². The van der Waals surface area contributed by atoms with Crippen molar-refractivity contribution in [3.05, 3.63) is 11.6 Å². The van der Waals surface area contributed by atoms with Crippen LogP contribution in [0.25, 0.3) is 0 Å². The highest BCUT2D eigenvalue weighted by Crippen LogP contribution is 2.35. The van der Waals surface area contributed by atoms with Crippen LogP contribution >= 0.6 is 11.3 Å². The lowest BCUT2D eigenvalue weighted by Gasteiger charge is -2.14. The van der Waals surface area contributed by atoms with Crippen LogP contribution < -0.4 is 5.32 Å². The first-order valence-corrected chi connectivity index (χ1v) is 5.51. The Morgan fingerprint density at radius 1 is 1.79 bits per heavy atom. The van der Waals surface area contributed by atoms with Gasteiger partial charge in [0.05, 0.1) is 6.42 Å². The summed E-state index contributed by atoms with van der Waals surface area (Å²) in [5.41, 5.74) is 0. The van der Waals surface area contributed by atoms with Crippen LogP contribution in [0.2, 0.25) is 0 Å². The average Bonchev–Trinajstić information content (AvgIpc) is 2.85. The molecule has 2 rings (SSSR count). The summed E-state index contributed by atoms with van der Waals surface area (Å²) in [6.45, 7) is 0. The third-order valence-electron chi connectivity index (χ3n) is 2.33. The summed E-state index contributed by atoms with van der Waals surface area (Å²) in [4.78, 5) is 14.7. The Bertz CT molecular complexity index is 309. The largest absolute Gasteiger partial charge is 0.481 e. The highest BCUT2D eigenvalue weighted by Gasteiger charge is 2.32. The van der Waals surface area contributed by atoms with E-state index in [-0.39, 0.29) is 12.5 Å². The average molecular weight is 212 g/mol. The second-order valence-corrected chi connectivity index (χ2v) is 4.42. The van der Waals surface area contributed by atoms with E-state index in [4.69, 9.17) is 5.11 Å². The lowest BCUT2D eigenvalue weighted by molar-refractivity contribution is -0.137. The van der Waals surface area contributed by atoms with Crippen LogP contribution in [0.3, 0.4) is 0 Å². The minimum Gasteiger partial charge on any atom is -0.481 e. The number of nitrogens with one attached hydrogen (secondary N) is 1. The van der Waals surface area contributed by atoms with Crippen LogP contribution in [0.15, 0.2) is 11.6 Å². The molecule has 0 aromatic carbocycles. The molecule has 1 atom stereocenters. The molecule has 1 aliphatic carbocycles. The monoisotopic (exact) mass is 212 g/mol. The van der Waals surface area contributed by atoms with E-state index in [1.54, 1.807) is 6.20 Å². The van der Waals surface area contributed by atoms with Crippen LogP contribution in [0.4, 0.5) is 5.13 Å². The molecule has 1 aromatic rings. The number of nitrogens with zero attached hydrogens (tertiary/aromatic N) is 1. The fourth-order valence-corrected chi connectivity index (χ4v) is 2.07. The smallest absolute Gasteiger partial charge is 0.305 e. The minimum absolute atomic E-state index is 0.0543. The summed E-state index contributed by atoms with van der Waals surface area (Å²) in [5.74, 6) is -0.221. The molecule has 0 radical (unpaired) electrons. The van der Waals surface area contributed by atoms with Gasteiger partial charge in [0.1, 0.15) is 0 Å². The van der Waals surface area contributed by atoms with Gasteiger partial charge < -0.3 is 10.4 Å². The van der Waals surface area contributed by atoms with Crippen LogP contribution in [-0.2, 0) is 4.79 Å². The van der Waals surface area contributed by atoms with Gasteiger partial charge in [-0.1, -0.05) is 0 Å². The van der Waals surface area contributed by atoms with Crippen molar-refractivity contribution >= 4 is 22.4 Å². The lowest BCUT2D eigenvalue weighted by Crippen LogP contribution is -2.25. The Hall–Kier alpha value is -1.10. The van der Waals surface area contributed by atoms with E-state index in [0.717, 1.165) is 18.0 Å². The number of aliphatic carboxylic acids is 1. The summed E-state index contributed by atoms with van der Waals surface area (Å²) >= 11 is 1.51. The standard InChI is InChI=1S/C9H12N2O2S/c12-8(13)5-7(6-1-2-6)11-9-10-3-4-14-9/h3-4,6-7H,1-2,5H2,(H,10,11)(H,12,13). The first-order chi connectivity index (χ1) is 6.75. The first-order valence-electron chi connectivity index (χ1n) is 4.63. The van der Waals surface area contributed by atoms with Gasteiger partial charge in [-0.15, -0.1) is 11.3 Å². The predicted molar refractivity (Wildman–Crippen MR) is 54.5 cm³/mol.